The van der Waals surface area contributed by atoms with Gasteiger partial charge in [0.05, 0.1) is 24.7 Å². The van der Waals surface area contributed by atoms with Gasteiger partial charge in [-0.15, -0.1) is 0 Å². The number of rotatable bonds is 3. The fourth-order valence-corrected chi connectivity index (χ4v) is 4.15. The van der Waals surface area contributed by atoms with Gasteiger partial charge < -0.3 is 14.5 Å². The summed E-state index contributed by atoms with van der Waals surface area (Å²) in [6.07, 6.45) is 0.445. The van der Waals surface area contributed by atoms with Crippen molar-refractivity contribution >= 4 is 29.0 Å². The predicted molar refractivity (Wildman–Crippen MR) is 108 cm³/mol. The van der Waals surface area contributed by atoms with Gasteiger partial charge in [0.2, 0.25) is 5.91 Å². The zero-order valence-electron chi connectivity index (χ0n) is 16.3. The smallest absolute Gasteiger partial charge is 0.255 e. The Hall–Kier alpha value is -2.45. The average Bonchev–Trinajstić information content (AvgIpc) is 3.05. The second-order valence-corrected chi connectivity index (χ2v) is 7.76. The van der Waals surface area contributed by atoms with E-state index in [0.717, 1.165) is 0 Å². The third-order valence-corrected chi connectivity index (χ3v) is 5.91. The minimum atomic E-state index is -0.491. The lowest BCUT2D eigenvalue weighted by Gasteiger charge is -2.28. The van der Waals surface area contributed by atoms with Gasteiger partial charge in [-0.3, -0.25) is 14.2 Å². The SMILES string of the molecule is CC1Cc2c(ccc(F)c2Cl)N1C(=O)Cc1nc(N2CCOCC2)cc(=O)n1C. The molecule has 1 aromatic heterocycles. The molecule has 0 saturated carbocycles. The van der Waals surface area contributed by atoms with Crippen LogP contribution < -0.4 is 15.4 Å². The summed E-state index contributed by atoms with van der Waals surface area (Å²) in [4.78, 5) is 33.7. The van der Waals surface area contributed by atoms with Crippen LogP contribution in [0.4, 0.5) is 15.9 Å². The van der Waals surface area contributed by atoms with Crippen molar-refractivity contribution in [2.24, 2.45) is 7.05 Å². The molecule has 7 nitrogen and oxygen atoms in total. The average molecular weight is 421 g/mol. The van der Waals surface area contributed by atoms with E-state index in [9.17, 15) is 14.0 Å². The number of anilines is 2. The Morgan fingerprint density at radius 3 is 2.79 bits per heavy atom. The zero-order chi connectivity index (χ0) is 20.7. The summed E-state index contributed by atoms with van der Waals surface area (Å²) in [5.41, 5.74) is 1.03. The molecule has 1 aromatic carbocycles. The molecule has 1 saturated heterocycles. The number of ether oxygens (including phenoxy) is 1. The number of halogens is 2. The summed E-state index contributed by atoms with van der Waals surface area (Å²) in [6, 6.07) is 4.17. The highest BCUT2D eigenvalue weighted by atomic mass is 35.5. The monoisotopic (exact) mass is 420 g/mol. The van der Waals surface area contributed by atoms with Crippen LogP contribution in [0.3, 0.4) is 0 Å². The molecule has 0 spiro atoms. The summed E-state index contributed by atoms with van der Waals surface area (Å²) in [5, 5.41) is 0.0597. The van der Waals surface area contributed by atoms with E-state index in [4.69, 9.17) is 16.3 Å². The number of hydrogen-bond acceptors (Lipinski definition) is 5. The van der Waals surface area contributed by atoms with Gasteiger partial charge in [-0.05, 0) is 31.0 Å². The van der Waals surface area contributed by atoms with Crippen LogP contribution in [-0.2, 0) is 29.4 Å². The number of fused-ring (bicyclic) bond motifs is 1. The molecule has 0 N–H and O–H groups in total. The van der Waals surface area contributed by atoms with Crippen LogP contribution in [0.15, 0.2) is 23.0 Å². The minimum Gasteiger partial charge on any atom is -0.378 e. The Kier molecular flexibility index (Phi) is 5.31. The Labute approximate surface area is 172 Å². The Morgan fingerprint density at radius 1 is 1.34 bits per heavy atom. The van der Waals surface area contributed by atoms with Gasteiger partial charge >= 0.3 is 0 Å². The third-order valence-electron chi connectivity index (χ3n) is 5.50. The minimum absolute atomic E-state index is 0.0390. The number of morpholine rings is 1. The van der Waals surface area contributed by atoms with Crippen molar-refractivity contribution in [3.63, 3.8) is 0 Å². The Balaban J connectivity index is 1.63. The molecule has 1 unspecified atom stereocenters. The molecule has 0 bridgehead atoms. The first kappa shape index (κ1) is 19.8. The highest BCUT2D eigenvalue weighted by Gasteiger charge is 2.33. The van der Waals surface area contributed by atoms with E-state index in [1.165, 1.54) is 16.7 Å². The van der Waals surface area contributed by atoms with Crippen LogP contribution in [0, 0.1) is 5.82 Å². The van der Waals surface area contributed by atoms with E-state index in [2.05, 4.69) is 4.98 Å². The van der Waals surface area contributed by atoms with Crippen molar-refractivity contribution in [2.45, 2.75) is 25.8 Å². The summed E-state index contributed by atoms with van der Waals surface area (Å²) in [5.74, 6) is 0.242. The van der Waals surface area contributed by atoms with Crippen LogP contribution in [0.25, 0.3) is 0 Å². The molecule has 9 heteroatoms. The molecule has 4 rings (SSSR count). The van der Waals surface area contributed by atoms with Crippen LogP contribution in [0.2, 0.25) is 5.02 Å². The van der Waals surface area contributed by atoms with Gasteiger partial charge in [0.1, 0.15) is 17.5 Å². The third kappa shape index (κ3) is 3.62. The van der Waals surface area contributed by atoms with Gasteiger partial charge in [0, 0.05) is 37.9 Å². The van der Waals surface area contributed by atoms with Crippen molar-refractivity contribution in [1.82, 2.24) is 9.55 Å². The number of hydrogen-bond donors (Lipinski definition) is 0. The topological polar surface area (TPSA) is 67.7 Å². The maximum atomic E-state index is 13.8. The molecule has 1 atom stereocenters. The van der Waals surface area contributed by atoms with E-state index >= 15 is 0 Å². The highest BCUT2D eigenvalue weighted by Crippen LogP contribution is 2.38. The van der Waals surface area contributed by atoms with Gasteiger partial charge in [-0.25, -0.2) is 9.37 Å². The summed E-state index contributed by atoms with van der Waals surface area (Å²) in [6.45, 7) is 4.33. The van der Waals surface area contributed by atoms with Gasteiger partial charge in [0.15, 0.2) is 0 Å². The van der Waals surface area contributed by atoms with Gasteiger partial charge in [-0.1, -0.05) is 11.6 Å². The van der Waals surface area contributed by atoms with Crippen LogP contribution in [-0.4, -0.2) is 47.8 Å². The van der Waals surface area contributed by atoms with E-state index in [1.807, 2.05) is 11.8 Å². The lowest BCUT2D eigenvalue weighted by molar-refractivity contribution is -0.118. The van der Waals surface area contributed by atoms with E-state index in [-0.39, 0.29) is 29.0 Å². The molecular weight excluding hydrogens is 399 g/mol. The molecular formula is C20H22ClFN4O3. The second-order valence-electron chi connectivity index (χ2n) is 7.38. The number of nitrogens with zero attached hydrogens (tertiary/aromatic N) is 4. The quantitative estimate of drug-likeness (QED) is 0.759. The molecule has 0 aliphatic carbocycles. The summed E-state index contributed by atoms with van der Waals surface area (Å²) < 4.78 is 20.5. The number of benzene rings is 1. The number of amides is 1. The summed E-state index contributed by atoms with van der Waals surface area (Å²) >= 11 is 6.10. The second kappa shape index (κ2) is 7.76. The van der Waals surface area contributed by atoms with Gasteiger partial charge in [-0.2, -0.15) is 0 Å². The molecule has 0 radical (unpaired) electrons. The van der Waals surface area contributed by atoms with Gasteiger partial charge in [0.25, 0.3) is 5.56 Å². The first-order valence-electron chi connectivity index (χ1n) is 9.55. The molecule has 29 heavy (non-hydrogen) atoms. The van der Waals surface area contributed by atoms with Crippen LogP contribution in [0.1, 0.15) is 18.3 Å². The number of carbonyl (C=O) groups excluding carboxylic acids is 1. The number of aromatic nitrogens is 2. The van der Waals surface area contributed by atoms with Crippen molar-refractivity contribution in [3.8, 4) is 0 Å². The maximum absolute atomic E-state index is 13.8. The molecule has 2 aliphatic heterocycles. The lowest BCUT2D eigenvalue weighted by atomic mass is 10.1. The fourth-order valence-electron chi connectivity index (χ4n) is 3.91. The Morgan fingerprint density at radius 2 is 2.07 bits per heavy atom. The predicted octanol–water partition coefficient (Wildman–Crippen LogP) is 1.93. The van der Waals surface area contributed by atoms with E-state index in [0.29, 0.717) is 55.6 Å². The molecule has 154 valence electrons. The van der Waals surface area contributed by atoms with Crippen LogP contribution >= 0.6 is 11.6 Å². The van der Waals surface area contributed by atoms with Crippen molar-refractivity contribution in [3.05, 3.63) is 50.8 Å². The summed E-state index contributed by atoms with van der Waals surface area (Å²) in [7, 11) is 1.61. The first-order chi connectivity index (χ1) is 13.9. The van der Waals surface area contributed by atoms with E-state index < -0.39 is 5.82 Å². The lowest BCUT2D eigenvalue weighted by Crippen LogP contribution is -2.40. The fraction of sp³-hybridized carbons (Fsp3) is 0.450. The Bertz CT molecular complexity index is 1020. The molecule has 1 fully saturated rings. The van der Waals surface area contributed by atoms with Crippen molar-refractivity contribution in [1.29, 1.82) is 0 Å². The molecule has 2 aliphatic rings. The standard InChI is InChI=1S/C20H22ClFN4O3/c1-12-9-13-15(4-3-14(22)20(13)21)26(12)19(28)10-16-23-17(11-18(27)24(16)2)25-5-7-29-8-6-25/h3-4,11-12H,5-10H2,1-2H3. The van der Waals surface area contributed by atoms with E-state index in [1.54, 1.807) is 18.0 Å². The van der Waals surface area contributed by atoms with Crippen molar-refractivity contribution < 1.29 is 13.9 Å². The normalized spacial score (nSPS) is 18.8. The first-order valence-corrected chi connectivity index (χ1v) is 9.93. The maximum Gasteiger partial charge on any atom is 0.255 e. The van der Waals surface area contributed by atoms with Crippen LogP contribution in [0.5, 0.6) is 0 Å². The van der Waals surface area contributed by atoms with Crippen molar-refractivity contribution in [2.75, 3.05) is 36.1 Å². The molecule has 2 aromatic rings. The largest absolute Gasteiger partial charge is 0.378 e. The molecule has 1 amide bonds. The number of carbonyl (C=O) groups is 1. The molecule has 3 heterocycles. The zero-order valence-corrected chi connectivity index (χ0v) is 17.1. The highest BCUT2D eigenvalue weighted by molar-refractivity contribution is 6.32.